The zero-order chi connectivity index (χ0) is 21.0. The molecule has 6 nitrogen and oxygen atoms in total. The van der Waals surface area contributed by atoms with Crippen molar-refractivity contribution in [1.29, 1.82) is 0 Å². The fraction of sp³-hybridized carbons (Fsp3) is 0.0952. The van der Waals surface area contributed by atoms with Gasteiger partial charge in [0.05, 0.1) is 17.8 Å². The van der Waals surface area contributed by atoms with Gasteiger partial charge in [0.1, 0.15) is 10.6 Å². The molecule has 29 heavy (non-hydrogen) atoms. The van der Waals surface area contributed by atoms with Crippen molar-refractivity contribution in [2.75, 3.05) is 17.1 Å². The second kappa shape index (κ2) is 8.55. The summed E-state index contributed by atoms with van der Waals surface area (Å²) in [5, 5.41) is 2.73. The molecule has 1 amide bonds. The van der Waals surface area contributed by atoms with Crippen LogP contribution in [0.25, 0.3) is 0 Å². The van der Waals surface area contributed by atoms with Gasteiger partial charge in [0.15, 0.2) is 0 Å². The Kier molecular flexibility index (Phi) is 6.10. The Labute approximate surface area is 174 Å². The van der Waals surface area contributed by atoms with Crippen molar-refractivity contribution >= 4 is 38.9 Å². The van der Waals surface area contributed by atoms with Gasteiger partial charge in [-0.05, 0) is 61.0 Å². The second-order valence-electron chi connectivity index (χ2n) is 6.25. The Bertz CT molecular complexity index is 1150. The molecule has 3 aromatic carbocycles. The number of halogens is 1. The normalized spacial score (nSPS) is 11.0. The van der Waals surface area contributed by atoms with E-state index < -0.39 is 15.9 Å². The lowest BCUT2D eigenvalue weighted by atomic mass is 10.2. The Morgan fingerprint density at radius 3 is 2.34 bits per heavy atom. The predicted molar refractivity (Wildman–Crippen MR) is 114 cm³/mol. The third-order valence-electron chi connectivity index (χ3n) is 4.22. The van der Waals surface area contributed by atoms with Gasteiger partial charge in [-0.3, -0.25) is 9.52 Å². The molecule has 0 radical (unpaired) electrons. The molecular formula is C21H19ClN2O4S. The van der Waals surface area contributed by atoms with Gasteiger partial charge in [-0.2, -0.15) is 0 Å². The minimum absolute atomic E-state index is 0.0204. The highest BCUT2D eigenvalue weighted by Crippen LogP contribution is 2.26. The zero-order valence-electron chi connectivity index (χ0n) is 15.8. The largest absolute Gasteiger partial charge is 0.497 e. The van der Waals surface area contributed by atoms with Crippen LogP contribution in [0.15, 0.2) is 71.6 Å². The molecule has 0 aliphatic heterocycles. The molecule has 0 saturated heterocycles. The Morgan fingerprint density at radius 2 is 1.69 bits per heavy atom. The maximum Gasteiger partial charge on any atom is 0.263 e. The molecule has 0 saturated carbocycles. The first kappa shape index (κ1) is 20.7. The number of methoxy groups -OCH3 is 1. The van der Waals surface area contributed by atoms with E-state index in [1.807, 2.05) is 6.07 Å². The smallest absolute Gasteiger partial charge is 0.263 e. The van der Waals surface area contributed by atoms with E-state index >= 15 is 0 Å². The highest BCUT2D eigenvalue weighted by atomic mass is 35.5. The third kappa shape index (κ3) is 4.88. The van der Waals surface area contributed by atoms with Gasteiger partial charge in [-0.15, -0.1) is 0 Å². The topological polar surface area (TPSA) is 84.5 Å². The number of rotatable bonds is 6. The van der Waals surface area contributed by atoms with Crippen LogP contribution in [-0.2, 0) is 10.0 Å². The van der Waals surface area contributed by atoms with Crippen molar-refractivity contribution in [3.63, 3.8) is 0 Å². The first-order valence-corrected chi connectivity index (χ1v) is 10.5. The standard InChI is InChI=1S/C21H19ClN2O4S/c1-14-5-3-4-6-19(14)24-29(26,27)20-13-15(7-12-18(20)22)21(25)23-16-8-10-17(28-2)11-9-16/h3-13,24H,1-2H3,(H,23,25). The van der Waals surface area contributed by atoms with E-state index in [1.54, 1.807) is 56.5 Å². The first-order valence-electron chi connectivity index (χ1n) is 8.63. The van der Waals surface area contributed by atoms with Crippen LogP contribution in [0.3, 0.4) is 0 Å². The van der Waals surface area contributed by atoms with Gasteiger partial charge in [0.25, 0.3) is 15.9 Å². The van der Waals surface area contributed by atoms with Gasteiger partial charge < -0.3 is 10.1 Å². The van der Waals surface area contributed by atoms with Crippen LogP contribution in [0.1, 0.15) is 15.9 Å². The van der Waals surface area contributed by atoms with Crippen molar-refractivity contribution < 1.29 is 17.9 Å². The van der Waals surface area contributed by atoms with E-state index in [0.717, 1.165) is 5.56 Å². The molecule has 0 aromatic heterocycles. The number of amides is 1. The molecule has 0 aliphatic carbocycles. The Balaban J connectivity index is 1.86. The number of benzene rings is 3. The lowest BCUT2D eigenvalue weighted by molar-refractivity contribution is 0.102. The summed E-state index contributed by atoms with van der Waals surface area (Å²) in [4.78, 5) is 12.4. The molecule has 0 atom stereocenters. The number of ether oxygens (including phenoxy) is 1. The number of sulfonamides is 1. The van der Waals surface area contributed by atoms with E-state index in [2.05, 4.69) is 10.0 Å². The van der Waals surface area contributed by atoms with Crippen LogP contribution in [0.4, 0.5) is 11.4 Å². The highest BCUT2D eigenvalue weighted by molar-refractivity contribution is 7.92. The molecule has 2 N–H and O–H groups in total. The predicted octanol–water partition coefficient (Wildman–Crippen LogP) is 4.71. The lowest BCUT2D eigenvalue weighted by Crippen LogP contribution is -2.17. The number of nitrogens with one attached hydrogen (secondary N) is 2. The molecule has 0 unspecified atom stereocenters. The van der Waals surface area contributed by atoms with Gasteiger partial charge in [0.2, 0.25) is 0 Å². The maximum absolute atomic E-state index is 12.8. The summed E-state index contributed by atoms with van der Waals surface area (Å²) in [6, 6.07) is 17.9. The van der Waals surface area contributed by atoms with Crippen molar-refractivity contribution in [3.05, 3.63) is 82.9 Å². The van der Waals surface area contributed by atoms with E-state index in [-0.39, 0.29) is 15.5 Å². The maximum atomic E-state index is 12.8. The van der Waals surface area contributed by atoms with E-state index in [0.29, 0.717) is 17.1 Å². The number of hydrogen-bond acceptors (Lipinski definition) is 4. The molecule has 8 heteroatoms. The van der Waals surface area contributed by atoms with Crippen LogP contribution in [0.5, 0.6) is 5.75 Å². The summed E-state index contributed by atoms with van der Waals surface area (Å²) >= 11 is 6.12. The van der Waals surface area contributed by atoms with Crippen LogP contribution in [0.2, 0.25) is 5.02 Å². The van der Waals surface area contributed by atoms with Gasteiger partial charge in [-0.1, -0.05) is 29.8 Å². The molecule has 0 aliphatic rings. The Morgan fingerprint density at radius 1 is 1.00 bits per heavy atom. The fourth-order valence-electron chi connectivity index (χ4n) is 2.62. The van der Waals surface area contributed by atoms with E-state index in [1.165, 1.54) is 18.2 Å². The molecule has 0 heterocycles. The molecule has 0 spiro atoms. The molecular weight excluding hydrogens is 412 g/mol. The molecule has 0 bridgehead atoms. The summed E-state index contributed by atoms with van der Waals surface area (Å²) < 4.78 is 33.3. The first-order chi connectivity index (χ1) is 13.8. The van der Waals surface area contributed by atoms with Gasteiger partial charge >= 0.3 is 0 Å². The quantitative estimate of drug-likeness (QED) is 0.593. The molecule has 3 aromatic rings. The SMILES string of the molecule is COc1ccc(NC(=O)c2ccc(Cl)c(S(=O)(=O)Nc3ccccc3C)c2)cc1. The molecule has 3 rings (SSSR count). The monoisotopic (exact) mass is 430 g/mol. The van der Waals surface area contributed by atoms with Crippen LogP contribution >= 0.6 is 11.6 Å². The van der Waals surface area contributed by atoms with E-state index in [4.69, 9.17) is 16.3 Å². The highest BCUT2D eigenvalue weighted by Gasteiger charge is 2.21. The molecule has 0 fully saturated rings. The van der Waals surface area contributed by atoms with Crippen molar-refractivity contribution in [1.82, 2.24) is 0 Å². The van der Waals surface area contributed by atoms with Crippen LogP contribution < -0.4 is 14.8 Å². The van der Waals surface area contributed by atoms with E-state index in [9.17, 15) is 13.2 Å². The van der Waals surface area contributed by atoms with Crippen molar-refractivity contribution in [2.45, 2.75) is 11.8 Å². The van der Waals surface area contributed by atoms with Crippen molar-refractivity contribution in [2.24, 2.45) is 0 Å². The summed E-state index contributed by atoms with van der Waals surface area (Å²) in [7, 11) is -2.43. The fourth-order valence-corrected chi connectivity index (χ4v) is 4.27. The lowest BCUT2D eigenvalue weighted by Gasteiger charge is -2.13. The summed E-state index contributed by atoms with van der Waals surface area (Å²) in [5.74, 6) is 0.198. The number of anilines is 2. The summed E-state index contributed by atoms with van der Waals surface area (Å²) in [6.45, 7) is 1.79. The Hall–Kier alpha value is -3.03. The molecule has 150 valence electrons. The number of carbonyl (C=O) groups is 1. The average Bonchev–Trinajstić information content (AvgIpc) is 2.70. The zero-order valence-corrected chi connectivity index (χ0v) is 17.3. The number of hydrogen-bond donors (Lipinski definition) is 2. The van der Waals surface area contributed by atoms with Crippen molar-refractivity contribution in [3.8, 4) is 5.75 Å². The minimum Gasteiger partial charge on any atom is -0.497 e. The van der Waals surface area contributed by atoms with Crippen LogP contribution in [-0.4, -0.2) is 21.4 Å². The summed E-state index contributed by atoms with van der Waals surface area (Å²) in [5.41, 5.74) is 1.92. The van der Waals surface area contributed by atoms with Gasteiger partial charge in [-0.25, -0.2) is 8.42 Å². The number of aryl methyl sites for hydroxylation is 1. The minimum atomic E-state index is -3.98. The second-order valence-corrected chi connectivity index (χ2v) is 8.31. The summed E-state index contributed by atoms with van der Waals surface area (Å²) in [6.07, 6.45) is 0. The van der Waals surface area contributed by atoms with Gasteiger partial charge in [0, 0.05) is 11.3 Å². The number of carbonyl (C=O) groups excluding carboxylic acids is 1. The average molecular weight is 431 g/mol. The van der Waals surface area contributed by atoms with Crippen LogP contribution in [0, 0.1) is 6.92 Å². The number of para-hydroxylation sites is 1. The third-order valence-corrected chi connectivity index (χ3v) is 6.07.